The summed E-state index contributed by atoms with van der Waals surface area (Å²) in [4.78, 5) is 18.3. The Kier molecular flexibility index (Phi) is 7.04. The van der Waals surface area contributed by atoms with Crippen molar-refractivity contribution in [2.45, 2.75) is 44.6 Å². The summed E-state index contributed by atoms with van der Waals surface area (Å²) in [7, 11) is 1.97. The minimum Gasteiger partial charge on any atom is -0.338 e. The number of nitrogens with zero attached hydrogens (tertiary/aromatic N) is 6. The van der Waals surface area contributed by atoms with Crippen molar-refractivity contribution in [2.24, 2.45) is 7.05 Å². The van der Waals surface area contributed by atoms with E-state index < -0.39 is 0 Å². The van der Waals surface area contributed by atoms with Crippen molar-refractivity contribution in [1.82, 2.24) is 29.4 Å². The SMILES string of the molecule is Cc1cc(CN2CCC(c3c(C(=O)N4CC[C@H](c5ccccc5)C4)cnn3-c3ccc(F)cc3)CC2)nn1C. The van der Waals surface area contributed by atoms with Gasteiger partial charge < -0.3 is 4.90 Å². The van der Waals surface area contributed by atoms with Crippen LogP contribution in [0.5, 0.6) is 0 Å². The fourth-order valence-corrected chi connectivity index (χ4v) is 6.12. The number of halogens is 1. The van der Waals surface area contributed by atoms with Gasteiger partial charge in [0.15, 0.2) is 0 Å². The number of likely N-dealkylation sites (tertiary alicyclic amines) is 2. The summed E-state index contributed by atoms with van der Waals surface area (Å²) in [6.07, 6.45) is 4.53. The van der Waals surface area contributed by atoms with E-state index in [1.165, 1.54) is 17.7 Å². The van der Waals surface area contributed by atoms with Crippen LogP contribution in [0.1, 0.15) is 64.1 Å². The van der Waals surface area contributed by atoms with Crippen LogP contribution in [0.15, 0.2) is 66.9 Å². The Labute approximate surface area is 228 Å². The lowest BCUT2D eigenvalue weighted by atomic mass is 9.90. The zero-order valence-electron chi connectivity index (χ0n) is 22.6. The molecule has 0 radical (unpaired) electrons. The van der Waals surface area contributed by atoms with E-state index in [1.54, 1.807) is 18.3 Å². The van der Waals surface area contributed by atoms with Gasteiger partial charge >= 0.3 is 0 Å². The summed E-state index contributed by atoms with van der Waals surface area (Å²) >= 11 is 0. The van der Waals surface area contributed by atoms with E-state index in [9.17, 15) is 9.18 Å². The third kappa shape index (κ3) is 5.26. The number of hydrogen-bond donors (Lipinski definition) is 0. The smallest absolute Gasteiger partial charge is 0.257 e. The molecule has 2 aliphatic rings. The van der Waals surface area contributed by atoms with E-state index in [1.807, 2.05) is 27.4 Å². The van der Waals surface area contributed by atoms with Gasteiger partial charge in [-0.1, -0.05) is 30.3 Å². The quantitative estimate of drug-likeness (QED) is 0.352. The number of piperidine rings is 1. The van der Waals surface area contributed by atoms with E-state index in [-0.39, 0.29) is 17.6 Å². The van der Waals surface area contributed by atoms with Gasteiger partial charge in [0.05, 0.1) is 28.8 Å². The van der Waals surface area contributed by atoms with E-state index in [2.05, 4.69) is 52.4 Å². The first-order valence-electron chi connectivity index (χ1n) is 13.9. The summed E-state index contributed by atoms with van der Waals surface area (Å²) in [6.45, 7) is 6.18. The molecule has 8 heteroatoms. The molecule has 2 fully saturated rings. The van der Waals surface area contributed by atoms with E-state index in [0.717, 1.165) is 68.2 Å². The first kappa shape index (κ1) is 25.5. The van der Waals surface area contributed by atoms with Gasteiger partial charge in [-0.3, -0.25) is 14.4 Å². The Morgan fingerprint density at radius 1 is 0.974 bits per heavy atom. The van der Waals surface area contributed by atoms with Crippen LogP contribution in [0.25, 0.3) is 5.69 Å². The highest BCUT2D eigenvalue weighted by atomic mass is 19.1. The molecule has 202 valence electrons. The summed E-state index contributed by atoms with van der Waals surface area (Å²) in [6, 6.07) is 19.0. The Balaban J connectivity index is 1.24. The molecule has 1 amide bonds. The molecule has 39 heavy (non-hydrogen) atoms. The summed E-state index contributed by atoms with van der Waals surface area (Å²) < 4.78 is 17.5. The highest BCUT2D eigenvalue weighted by Gasteiger charge is 2.34. The molecule has 4 heterocycles. The van der Waals surface area contributed by atoms with Gasteiger partial charge in [0.1, 0.15) is 5.82 Å². The van der Waals surface area contributed by atoms with Gasteiger partial charge in [-0.25, -0.2) is 9.07 Å². The molecule has 2 aliphatic heterocycles. The summed E-state index contributed by atoms with van der Waals surface area (Å²) in [5, 5.41) is 9.30. The molecule has 0 N–H and O–H groups in total. The standard InChI is InChI=1S/C31H35FN6O/c1-22-18-27(34-35(22)2)21-36-15-12-24(13-16-36)30-29(19-33-38(30)28-10-8-26(32)9-11-28)31(39)37-17-14-25(20-37)23-6-4-3-5-7-23/h3-11,18-19,24-25H,12-17,20-21H2,1-2H3/t25-/m0/s1. The van der Waals surface area contributed by atoms with Gasteiger partial charge in [0, 0.05) is 44.2 Å². The molecular formula is C31H35FN6O. The highest BCUT2D eigenvalue weighted by Crippen LogP contribution is 2.35. The van der Waals surface area contributed by atoms with Crippen LogP contribution in [0, 0.1) is 12.7 Å². The fourth-order valence-electron chi connectivity index (χ4n) is 6.12. The first-order chi connectivity index (χ1) is 19.0. The van der Waals surface area contributed by atoms with Gasteiger partial charge in [-0.05, 0) is 75.2 Å². The molecule has 6 rings (SSSR count). The molecule has 0 bridgehead atoms. The lowest BCUT2D eigenvalue weighted by molar-refractivity contribution is 0.0788. The Bertz CT molecular complexity index is 1420. The first-order valence-corrected chi connectivity index (χ1v) is 13.9. The second kappa shape index (κ2) is 10.8. The molecule has 0 unspecified atom stereocenters. The van der Waals surface area contributed by atoms with Crippen molar-refractivity contribution in [1.29, 1.82) is 0 Å². The summed E-state index contributed by atoms with van der Waals surface area (Å²) in [5.74, 6) is 0.295. The number of aryl methyl sites for hydroxylation is 2. The van der Waals surface area contributed by atoms with Crippen molar-refractivity contribution >= 4 is 5.91 Å². The number of aromatic nitrogens is 4. The van der Waals surface area contributed by atoms with Crippen LogP contribution < -0.4 is 0 Å². The Hall–Kier alpha value is -3.78. The lowest BCUT2D eigenvalue weighted by Crippen LogP contribution is -2.34. The maximum absolute atomic E-state index is 13.9. The molecule has 2 aromatic carbocycles. The van der Waals surface area contributed by atoms with Crippen LogP contribution in [-0.4, -0.2) is 61.4 Å². The van der Waals surface area contributed by atoms with Gasteiger partial charge in [0.2, 0.25) is 0 Å². The van der Waals surface area contributed by atoms with Crippen molar-refractivity contribution in [2.75, 3.05) is 26.2 Å². The monoisotopic (exact) mass is 526 g/mol. The molecule has 4 aromatic rings. The minimum absolute atomic E-state index is 0.0446. The second-order valence-corrected chi connectivity index (χ2v) is 10.9. The second-order valence-electron chi connectivity index (χ2n) is 10.9. The molecule has 2 aromatic heterocycles. The number of rotatable bonds is 6. The minimum atomic E-state index is -0.286. The molecular weight excluding hydrogens is 491 g/mol. The zero-order valence-corrected chi connectivity index (χ0v) is 22.6. The fraction of sp³-hybridized carbons (Fsp3) is 0.387. The van der Waals surface area contributed by atoms with Crippen LogP contribution in [-0.2, 0) is 13.6 Å². The normalized spacial score (nSPS) is 18.6. The molecule has 0 spiro atoms. The van der Waals surface area contributed by atoms with Crippen LogP contribution in [0.3, 0.4) is 0 Å². The number of benzene rings is 2. The highest BCUT2D eigenvalue weighted by molar-refractivity contribution is 5.95. The molecule has 1 atom stereocenters. The third-order valence-corrected chi connectivity index (χ3v) is 8.38. The molecule has 0 aliphatic carbocycles. The predicted molar refractivity (Wildman–Crippen MR) is 148 cm³/mol. The molecule has 2 saturated heterocycles. The maximum atomic E-state index is 13.9. The van der Waals surface area contributed by atoms with Crippen molar-refractivity contribution in [3.8, 4) is 5.69 Å². The Morgan fingerprint density at radius 3 is 2.38 bits per heavy atom. The topological polar surface area (TPSA) is 59.2 Å². The van der Waals surface area contributed by atoms with Crippen molar-refractivity contribution in [3.05, 3.63) is 101 Å². The number of hydrogen-bond acceptors (Lipinski definition) is 4. The van der Waals surface area contributed by atoms with E-state index in [4.69, 9.17) is 0 Å². The van der Waals surface area contributed by atoms with Crippen LogP contribution in [0.2, 0.25) is 0 Å². The van der Waals surface area contributed by atoms with E-state index >= 15 is 0 Å². The average molecular weight is 527 g/mol. The van der Waals surface area contributed by atoms with Gasteiger partial charge in [-0.15, -0.1) is 0 Å². The van der Waals surface area contributed by atoms with Crippen LogP contribution in [0.4, 0.5) is 4.39 Å². The number of amides is 1. The third-order valence-electron chi connectivity index (χ3n) is 8.38. The average Bonchev–Trinajstić information content (AvgIpc) is 3.69. The van der Waals surface area contributed by atoms with Gasteiger partial charge in [-0.2, -0.15) is 10.2 Å². The zero-order chi connectivity index (χ0) is 26.9. The van der Waals surface area contributed by atoms with E-state index in [0.29, 0.717) is 18.0 Å². The van der Waals surface area contributed by atoms with Gasteiger partial charge in [0.25, 0.3) is 5.91 Å². The number of carbonyl (C=O) groups excluding carboxylic acids is 1. The van der Waals surface area contributed by atoms with Crippen molar-refractivity contribution < 1.29 is 9.18 Å². The van der Waals surface area contributed by atoms with Crippen LogP contribution >= 0.6 is 0 Å². The largest absolute Gasteiger partial charge is 0.338 e. The Morgan fingerprint density at radius 2 is 1.69 bits per heavy atom. The molecule has 7 nitrogen and oxygen atoms in total. The predicted octanol–water partition coefficient (Wildman–Crippen LogP) is 5.06. The number of carbonyl (C=O) groups is 1. The molecule has 0 saturated carbocycles. The summed E-state index contributed by atoms with van der Waals surface area (Å²) in [5.41, 5.74) is 5.92. The lowest BCUT2D eigenvalue weighted by Gasteiger charge is -2.32. The van der Waals surface area contributed by atoms with Crippen molar-refractivity contribution in [3.63, 3.8) is 0 Å². The maximum Gasteiger partial charge on any atom is 0.257 e.